The first kappa shape index (κ1) is 17.5. The number of hydrogen-bond acceptors (Lipinski definition) is 2. The lowest BCUT2D eigenvalue weighted by atomic mass is 10.6. The first-order valence-corrected chi connectivity index (χ1v) is 4.54. The number of aliphatic hydroxyl groups excluding tert-OH is 1. The van der Waals surface area contributed by atoms with Crippen molar-refractivity contribution >= 4 is 6.34 Å². The summed E-state index contributed by atoms with van der Waals surface area (Å²) < 4.78 is 0. The minimum atomic E-state index is 0.183. The van der Waals surface area contributed by atoms with Crippen LogP contribution in [-0.2, 0) is 0 Å². The molecule has 0 spiro atoms. The predicted molar refractivity (Wildman–Crippen MR) is 56.8 cm³/mol. The number of nitrogens with zero attached hydrogens (tertiary/aromatic N) is 2. The summed E-state index contributed by atoms with van der Waals surface area (Å²) in [6.07, 6.45) is 1.68. The highest BCUT2D eigenvalue weighted by molar-refractivity contribution is 5.53. The third-order valence-electron chi connectivity index (χ3n) is 0.765. The highest BCUT2D eigenvalue weighted by atomic mass is 16.3. The molecule has 0 aromatic rings. The molecule has 0 saturated carbocycles. The van der Waals surface area contributed by atoms with Gasteiger partial charge in [0.15, 0.2) is 0 Å². The van der Waals surface area contributed by atoms with Gasteiger partial charge in [0.2, 0.25) is 0 Å². The Balaban J connectivity index is -0.000000175. The summed E-state index contributed by atoms with van der Waals surface area (Å²) in [5, 5.41) is 8.36. The number of likely N-dealkylation sites (N-methyl/N-ethyl adjacent to an activating group) is 1. The molecule has 0 bridgehead atoms. The largest absolute Gasteiger partial charge is 0.395 e. The van der Waals surface area contributed by atoms with Crippen molar-refractivity contribution in [2.24, 2.45) is 4.99 Å². The minimum absolute atomic E-state index is 0.183. The first-order chi connectivity index (χ1) is 5.81. The number of aliphatic imine (C=N–C) groups is 1. The van der Waals surface area contributed by atoms with Crippen LogP contribution in [0.15, 0.2) is 4.99 Å². The SMILES string of the molecule is CC.CC.CN=CN(C)CCO. The van der Waals surface area contributed by atoms with Crippen molar-refractivity contribution < 1.29 is 5.11 Å². The van der Waals surface area contributed by atoms with Gasteiger partial charge in [0, 0.05) is 20.6 Å². The highest BCUT2D eigenvalue weighted by Gasteiger charge is 1.84. The quantitative estimate of drug-likeness (QED) is 0.524. The second kappa shape index (κ2) is 22.4. The molecule has 0 aliphatic rings. The summed E-state index contributed by atoms with van der Waals surface area (Å²) >= 11 is 0. The number of hydrogen-bond donors (Lipinski definition) is 1. The second-order valence-electron chi connectivity index (χ2n) is 1.58. The van der Waals surface area contributed by atoms with Gasteiger partial charge in [0.25, 0.3) is 0 Å². The zero-order valence-electron chi connectivity index (χ0n) is 9.33. The van der Waals surface area contributed by atoms with Crippen LogP contribution >= 0.6 is 0 Å². The molecule has 1 N–H and O–H groups in total. The summed E-state index contributed by atoms with van der Waals surface area (Å²) in [6, 6.07) is 0. The van der Waals surface area contributed by atoms with Crippen molar-refractivity contribution in [3.05, 3.63) is 0 Å². The van der Waals surface area contributed by atoms with Gasteiger partial charge < -0.3 is 10.0 Å². The maximum atomic E-state index is 8.36. The maximum Gasteiger partial charge on any atom is 0.0844 e. The van der Waals surface area contributed by atoms with Crippen LogP contribution in [0.4, 0.5) is 0 Å². The van der Waals surface area contributed by atoms with Crippen LogP contribution in [0.1, 0.15) is 27.7 Å². The molecule has 0 atom stereocenters. The van der Waals surface area contributed by atoms with Crippen molar-refractivity contribution in [2.45, 2.75) is 27.7 Å². The lowest BCUT2D eigenvalue weighted by molar-refractivity contribution is 0.266. The Labute approximate surface area is 77.1 Å². The topological polar surface area (TPSA) is 35.8 Å². The smallest absolute Gasteiger partial charge is 0.0844 e. The van der Waals surface area contributed by atoms with Crippen LogP contribution in [0, 0.1) is 0 Å². The van der Waals surface area contributed by atoms with Crippen molar-refractivity contribution in [1.29, 1.82) is 0 Å². The number of aliphatic hydroxyl groups is 1. The van der Waals surface area contributed by atoms with E-state index in [1.807, 2.05) is 39.6 Å². The van der Waals surface area contributed by atoms with E-state index in [0.717, 1.165) is 0 Å². The Morgan fingerprint density at radius 2 is 1.67 bits per heavy atom. The van der Waals surface area contributed by atoms with Gasteiger partial charge in [-0.05, 0) is 0 Å². The van der Waals surface area contributed by atoms with E-state index < -0.39 is 0 Å². The van der Waals surface area contributed by atoms with E-state index in [0.29, 0.717) is 6.54 Å². The maximum absolute atomic E-state index is 8.36. The van der Waals surface area contributed by atoms with Crippen molar-refractivity contribution in [2.75, 3.05) is 27.2 Å². The standard InChI is InChI=1S/C5H12N2O.2C2H6/c1-6-5-7(2)3-4-8;2*1-2/h5,8H,3-4H2,1-2H3;2*1-2H3. The molecule has 0 fully saturated rings. The first-order valence-electron chi connectivity index (χ1n) is 4.54. The molecular weight excluding hydrogens is 152 g/mol. The van der Waals surface area contributed by atoms with Gasteiger partial charge in [0.1, 0.15) is 0 Å². The third-order valence-corrected chi connectivity index (χ3v) is 0.765. The summed E-state index contributed by atoms with van der Waals surface area (Å²) in [6.45, 7) is 8.83. The summed E-state index contributed by atoms with van der Waals surface area (Å²) in [7, 11) is 3.57. The molecule has 0 aliphatic heterocycles. The molecule has 0 saturated heterocycles. The molecule has 12 heavy (non-hydrogen) atoms. The zero-order chi connectivity index (χ0) is 10.4. The molecule has 0 rings (SSSR count). The molecule has 3 heteroatoms. The Morgan fingerprint density at radius 3 is 1.92 bits per heavy atom. The van der Waals surface area contributed by atoms with E-state index in [4.69, 9.17) is 5.11 Å². The Hall–Kier alpha value is -0.570. The molecule has 0 aromatic carbocycles. The second-order valence-corrected chi connectivity index (χ2v) is 1.58. The van der Waals surface area contributed by atoms with Crippen molar-refractivity contribution in [1.82, 2.24) is 4.90 Å². The fourth-order valence-electron chi connectivity index (χ4n) is 0.413. The van der Waals surface area contributed by atoms with Crippen LogP contribution < -0.4 is 0 Å². The molecule has 0 aliphatic carbocycles. The Bertz CT molecular complexity index is 74.9. The van der Waals surface area contributed by atoms with Gasteiger partial charge in [-0.25, -0.2) is 0 Å². The lowest BCUT2D eigenvalue weighted by Gasteiger charge is -2.08. The van der Waals surface area contributed by atoms with Gasteiger partial charge in [-0.15, -0.1) is 0 Å². The van der Waals surface area contributed by atoms with Gasteiger partial charge in [-0.3, -0.25) is 4.99 Å². The van der Waals surface area contributed by atoms with E-state index >= 15 is 0 Å². The predicted octanol–water partition coefficient (Wildman–Crippen LogP) is 1.62. The van der Waals surface area contributed by atoms with E-state index in [1.165, 1.54) is 0 Å². The lowest BCUT2D eigenvalue weighted by Crippen LogP contribution is -2.19. The summed E-state index contributed by atoms with van der Waals surface area (Å²) in [5.74, 6) is 0. The molecule has 3 nitrogen and oxygen atoms in total. The average Bonchev–Trinajstić information content (AvgIpc) is 2.12. The van der Waals surface area contributed by atoms with Crippen LogP contribution in [0.5, 0.6) is 0 Å². The van der Waals surface area contributed by atoms with E-state index in [-0.39, 0.29) is 6.61 Å². The average molecular weight is 176 g/mol. The summed E-state index contributed by atoms with van der Waals surface area (Å²) in [5.41, 5.74) is 0. The van der Waals surface area contributed by atoms with Gasteiger partial charge in [-0.2, -0.15) is 0 Å². The summed E-state index contributed by atoms with van der Waals surface area (Å²) in [4.78, 5) is 5.56. The molecule has 0 heterocycles. The Kier molecular flexibility index (Phi) is 32.7. The van der Waals surface area contributed by atoms with E-state index in [9.17, 15) is 0 Å². The van der Waals surface area contributed by atoms with Crippen molar-refractivity contribution in [3.8, 4) is 0 Å². The van der Waals surface area contributed by atoms with Crippen LogP contribution in [-0.4, -0.2) is 43.6 Å². The molecule has 0 unspecified atom stereocenters. The zero-order valence-corrected chi connectivity index (χ0v) is 9.33. The minimum Gasteiger partial charge on any atom is -0.395 e. The molecule has 0 amide bonds. The number of rotatable bonds is 3. The Morgan fingerprint density at radius 1 is 1.25 bits per heavy atom. The highest BCUT2D eigenvalue weighted by Crippen LogP contribution is 1.71. The van der Waals surface area contributed by atoms with Gasteiger partial charge in [-0.1, -0.05) is 27.7 Å². The van der Waals surface area contributed by atoms with E-state index in [1.54, 1.807) is 13.4 Å². The van der Waals surface area contributed by atoms with Crippen LogP contribution in [0.2, 0.25) is 0 Å². The fourth-order valence-corrected chi connectivity index (χ4v) is 0.413. The molecule has 0 radical (unpaired) electrons. The molecule has 0 aromatic heterocycles. The normalized spacial score (nSPS) is 7.92. The van der Waals surface area contributed by atoms with E-state index in [2.05, 4.69) is 4.99 Å². The monoisotopic (exact) mass is 176 g/mol. The fraction of sp³-hybridized carbons (Fsp3) is 0.889. The van der Waals surface area contributed by atoms with Gasteiger partial charge in [0.05, 0.1) is 12.9 Å². The molecular formula is C9H24N2O. The molecule has 76 valence electrons. The third kappa shape index (κ3) is 22.7. The van der Waals surface area contributed by atoms with Gasteiger partial charge >= 0.3 is 0 Å². The van der Waals surface area contributed by atoms with Crippen LogP contribution in [0.3, 0.4) is 0 Å². The van der Waals surface area contributed by atoms with Crippen LogP contribution in [0.25, 0.3) is 0 Å². The van der Waals surface area contributed by atoms with Crippen molar-refractivity contribution in [3.63, 3.8) is 0 Å².